The normalized spacial score (nSPS) is 11.7. The van der Waals surface area contributed by atoms with Crippen molar-refractivity contribution in [1.29, 1.82) is 0 Å². The highest BCUT2D eigenvalue weighted by atomic mass is 16.5. The van der Waals surface area contributed by atoms with Gasteiger partial charge in [0.1, 0.15) is 5.75 Å². The van der Waals surface area contributed by atoms with Gasteiger partial charge in [0, 0.05) is 29.1 Å². The number of anilines is 1. The van der Waals surface area contributed by atoms with Crippen molar-refractivity contribution in [3.05, 3.63) is 81.8 Å². The van der Waals surface area contributed by atoms with E-state index in [-0.39, 0.29) is 34.5 Å². The molecule has 0 saturated carbocycles. The van der Waals surface area contributed by atoms with E-state index in [1.165, 1.54) is 23.9 Å². The van der Waals surface area contributed by atoms with Crippen LogP contribution < -0.4 is 21.0 Å². The summed E-state index contributed by atoms with van der Waals surface area (Å²) < 4.78 is 5.99. The maximum atomic E-state index is 12.7. The third-order valence-electron chi connectivity index (χ3n) is 6.89. The molecule has 0 spiro atoms. The number of ether oxygens (including phenoxy) is 1. The molecule has 3 N–H and O–H groups in total. The summed E-state index contributed by atoms with van der Waals surface area (Å²) in [5, 5.41) is 5.38. The van der Waals surface area contributed by atoms with E-state index in [9.17, 15) is 14.4 Å². The molecule has 2 aromatic carbocycles. The minimum atomic E-state index is -0.492. The predicted octanol–water partition coefficient (Wildman–Crippen LogP) is 4.95. The average Bonchev–Trinajstić information content (AvgIpc) is 3.26. The molecule has 0 aliphatic rings. The van der Waals surface area contributed by atoms with E-state index in [1.54, 1.807) is 18.2 Å². The Hall–Kier alpha value is -3.81. The van der Waals surface area contributed by atoms with E-state index in [0.717, 1.165) is 23.2 Å². The van der Waals surface area contributed by atoms with Gasteiger partial charge < -0.3 is 10.1 Å². The van der Waals surface area contributed by atoms with Gasteiger partial charge in [0.05, 0.1) is 0 Å². The number of hydrogen-bond acceptors (Lipinski definition) is 4. The molecule has 2 amide bonds. The van der Waals surface area contributed by atoms with Crippen molar-refractivity contribution in [2.45, 2.75) is 65.2 Å². The Balaban J connectivity index is 1.71. The minimum absolute atomic E-state index is 0.0421. The molecule has 0 atom stereocenters. The highest BCUT2D eigenvalue weighted by molar-refractivity contribution is 6.01. The Kier molecular flexibility index (Phi) is 8.07. The highest BCUT2D eigenvalue weighted by Crippen LogP contribution is 2.38. The van der Waals surface area contributed by atoms with Crippen LogP contribution in [0, 0.1) is 0 Å². The van der Waals surface area contributed by atoms with Gasteiger partial charge in [0.15, 0.2) is 6.61 Å². The molecule has 0 aliphatic heterocycles. The first kappa shape index (κ1) is 26.8. The Morgan fingerprint density at radius 1 is 0.972 bits per heavy atom. The lowest BCUT2D eigenvalue weighted by molar-refractivity contribution is -0.118. The van der Waals surface area contributed by atoms with Crippen LogP contribution in [0.3, 0.4) is 0 Å². The first-order chi connectivity index (χ1) is 17.0. The molecular formula is C28H36N4O4. The number of carbonyl (C=O) groups is 2. The molecule has 36 heavy (non-hydrogen) atoms. The summed E-state index contributed by atoms with van der Waals surface area (Å²) in [5.74, 6) is -0.142. The van der Waals surface area contributed by atoms with Crippen LogP contribution in [0.2, 0.25) is 0 Å². The van der Waals surface area contributed by atoms with Gasteiger partial charge in [-0.3, -0.25) is 19.5 Å². The predicted molar refractivity (Wildman–Crippen MR) is 142 cm³/mol. The molecule has 0 aliphatic carbocycles. The molecule has 0 unspecified atom stereocenters. The Labute approximate surface area is 212 Å². The summed E-state index contributed by atoms with van der Waals surface area (Å²) in [5.41, 5.74) is 5.05. The fourth-order valence-electron chi connectivity index (χ4n) is 3.65. The van der Waals surface area contributed by atoms with Gasteiger partial charge in [0.25, 0.3) is 17.4 Å². The topological polar surface area (TPSA) is 105 Å². The Morgan fingerprint density at radius 2 is 1.69 bits per heavy atom. The summed E-state index contributed by atoms with van der Waals surface area (Å²) in [6.45, 7) is 13.0. The van der Waals surface area contributed by atoms with Gasteiger partial charge >= 0.3 is 0 Å². The van der Waals surface area contributed by atoms with Crippen LogP contribution in [0.5, 0.6) is 5.75 Å². The molecule has 0 fully saturated rings. The maximum Gasteiger partial charge on any atom is 0.285 e. The SMILES string of the molecule is CCC(C)(C)c1ccc(OCC(=O)Nc2cccc(C(=O)Nn3[nH]ccc3=O)c2)c(C(C)(C)CC)c1. The quantitative estimate of drug-likeness (QED) is 0.372. The van der Waals surface area contributed by atoms with Gasteiger partial charge in [-0.1, -0.05) is 59.7 Å². The molecule has 1 heterocycles. The van der Waals surface area contributed by atoms with Crippen LogP contribution in [-0.4, -0.2) is 28.3 Å². The first-order valence-electron chi connectivity index (χ1n) is 12.2. The summed E-state index contributed by atoms with van der Waals surface area (Å²) in [6.07, 6.45) is 3.36. The van der Waals surface area contributed by atoms with Crippen molar-refractivity contribution >= 4 is 17.5 Å². The number of nitrogens with one attached hydrogen (secondary N) is 3. The van der Waals surface area contributed by atoms with E-state index in [4.69, 9.17) is 4.74 Å². The molecule has 8 nitrogen and oxygen atoms in total. The van der Waals surface area contributed by atoms with Crippen molar-refractivity contribution in [3.8, 4) is 5.75 Å². The Bertz CT molecular complexity index is 1290. The van der Waals surface area contributed by atoms with Crippen LogP contribution in [0.15, 0.2) is 59.5 Å². The van der Waals surface area contributed by atoms with E-state index in [1.807, 2.05) is 6.07 Å². The number of amides is 2. The largest absolute Gasteiger partial charge is 0.483 e. The second-order valence-corrected chi connectivity index (χ2v) is 10.2. The van der Waals surface area contributed by atoms with E-state index in [0.29, 0.717) is 11.4 Å². The second kappa shape index (κ2) is 10.8. The van der Waals surface area contributed by atoms with E-state index < -0.39 is 5.91 Å². The summed E-state index contributed by atoms with van der Waals surface area (Å²) in [4.78, 5) is 37.7. The molecular weight excluding hydrogens is 456 g/mol. The molecule has 8 heteroatoms. The average molecular weight is 493 g/mol. The number of carbonyl (C=O) groups excluding carboxylic acids is 2. The third-order valence-corrected chi connectivity index (χ3v) is 6.89. The van der Waals surface area contributed by atoms with Crippen LogP contribution in [0.1, 0.15) is 75.9 Å². The molecule has 0 saturated heterocycles. The van der Waals surface area contributed by atoms with Gasteiger partial charge in [-0.25, -0.2) is 5.43 Å². The zero-order chi connectivity index (χ0) is 26.5. The van der Waals surface area contributed by atoms with Crippen molar-refractivity contribution in [2.75, 3.05) is 17.3 Å². The van der Waals surface area contributed by atoms with Crippen molar-refractivity contribution < 1.29 is 14.3 Å². The van der Waals surface area contributed by atoms with Crippen LogP contribution >= 0.6 is 0 Å². The standard InChI is InChI=1S/C28H36N4O4/c1-7-27(3,4)20-12-13-23(22(17-20)28(5,6)8-2)36-18-24(33)30-21-11-9-10-19(16-21)26(35)31-32-25(34)14-15-29-32/h9-17,29H,7-8,18H2,1-6H3,(H,30,33)(H,31,35). The number of nitrogens with zero attached hydrogens (tertiary/aromatic N) is 1. The third kappa shape index (κ3) is 6.24. The summed E-state index contributed by atoms with van der Waals surface area (Å²) in [6, 6.07) is 14.0. The maximum absolute atomic E-state index is 12.7. The summed E-state index contributed by atoms with van der Waals surface area (Å²) >= 11 is 0. The second-order valence-electron chi connectivity index (χ2n) is 10.2. The highest BCUT2D eigenvalue weighted by Gasteiger charge is 2.27. The monoisotopic (exact) mass is 492 g/mol. The fraction of sp³-hybridized carbons (Fsp3) is 0.393. The summed E-state index contributed by atoms with van der Waals surface area (Å²) in [7, 11) is 0. The molecule has 0 radical (unpaired) electrons. The van der Waals surface area contributed by atoms with Crippen LogP contribution in [0.4, 0.5) is 5.69 Å². The minimum Gasteiger partial charge on any atom is -0.483 e. The Morgan fingerprint density at radius 3 is 2.33 bits per heavy atom. The number of H-pyrrole nitrogens is 1. The molecule has 0 bridgehead atoms. The number of aromatic nitrogens is 2. The molecule has 192 valence electrons. The molecule has 1 aromatic heterocycles. The lowest BCUT2D eigenvalue weighted by Gasteiger charge is -2.30. The smallest absolute Gasteiger partial charge is 0.285 e. The van der Waals surface area contributed by atoms with Gasteiger partial charge in [0.2, 0.25) is 0 Å². The van der Waals surface area contributed by atoms with Gasteiger partial charge in [-0.2, -0.15) is 4.79 Å². The lowest BCUT2D eigenvalue weighted by atomic mass is 9.76. The van der Waals surface area contributed by atoms with Gasteiger partial charge in [-0.15, -0.1) is 0 Å². The number of aromatic amines is 1. The number of benzene rings is 2. The first-order valence-corrected chi connectivity index (χ1v) is 12.2. The van der Waals surface area contributed by atoms with Crippen molar-refractivity contribution in [1.82, 2.24) is 9.89 Å². The zero-order valence-corrected chi connectivity index (χ0v) is 21.9. The van der Waals surface area contributed by atoms with Gasteiger partial charge in [-0.05, 0) is 53.5 Å². The van der Waals surface area contributed by atoms with Crippen LogP contribution in [0.25, 0.3) is 0 Å². The molecule has 3 aromatic rings. The fourth-order valence-corrected chi connectivity index (χ4v) is 3.65. The zero-order valence-electron chi connectivity index (χ0n) is 21.9. The lowest BCUT2D eigenvalue weighted by Crippen LogP contribution is -2.31. The molecule has 3 rings (SSSR count). The van der Waals surface area contributed by atoms with E-state index in [2.05, 4.69) is 69.5 Å². The van der Waals surface area contributed by atoms with E-state index >= 15 is 0 Å². The van der Waals surface area contributed by atoms with Crippen molar-refractivity contribution in [2.24, 2.45) is 0 Å². The number of rotatable bonds is 10. The number of hydrogen-bond donors (Lipinski definition) is 3. The van der Waals surface area contributed by atoms with Crippen molar-refractivity contribution in [3.63, 3.8) is 0 Å². The van der Waals surface area contributed by atoms with Crippen LogP contribution in [-0.2, 0) is 15.6 Å².